The predicted octanol–water partition coefficient (Wildman–Crippen LogP) is 2.65. The van der Waals surface area contributed by atoms with Crippen LogP contribution in [0.15, 0.2) is 30.3 Å². The lowest BCUT2D eigenvalue weighted by molar-refractivity contribution is 0.0954. The first kappa shape index (κ1) is 15.4. The van der Waals surface area contributed by atoms with Gasteiger partial charge >= 0.3 is 0 Å². The van der Waals surface area contributed by atoms with Crippen LogP contribution in [0.3, 0.4) is 0 Å². The first-order valence-corrected chi connectivity index (χ1v) is 7.46. The second kappa shape index (κ2) is 7.18. The van der Waals surface area contributed by atoms with Crippen molar-refractivity contribution in [1.82, 2.24) is 10.3 Å². The lowest BCUT2D eigenvalue weighted by Crippen LogP contribution is -2.25. The lowest BCUT2D eigenvalue weighted by atomic mass is 10.1. The smallest absolute Gasteiger partial charge is 0.252 e. The molecule has 2 aromatic rings. The Bertz CT molecular complexity index is 624. The summed E-state index contributed by atoms with van der Waals surface area (Å²) >= 11 is 0. The summed E-state index contributed by atoms with van der Waals surface area (Å²) in [4.78, 5) is 16.8. The molecule has 0 fully saturated rings. The van der Waals surface area contributed by atoms with E-state index in [-0.39, 0.29) is 5.91 Å². The first-order valence-electron chi connectivity index (χ1n) is 7.46. The summed E-state index contributed by atoms with van der Waals surface area (Å²) < 4.78 is 0. The molecule has 1 amide bonds. The van der Waals surface area contributed by atoms with E-state index >= 15 is 0 Å². The predicted molar refractivity (Wildman–Crippen MR) is 86.3 cm³/mol. The average Bonchev–Trinajstić information content (AvgIpc) is 2.50. The highest BCUT2D eigenvalue weighted by Crippen LogP contribution is 2.18. The van der Waals surface area contributed by atoms with Crippen LogP contribution >= 0.6 is 0 Å². The van der Waals surface area contributed by atoms with Crippen LogP contribution in [0.2, 0.25) is 0 Å². The number of benzene rings is 1. The van der Waals surface area contributed by atoms with E-state index in [2.05, 4.69) is 17.2 Å². The zero-order valence-electron chi connectivity index (χ0n) is 12.7. The van der Waals surface area contributed by atoms with Gasteiger partial charge in [0.15, 0.2) is 0 Å². The average molecular weight is 285 g/mol. The molecule has 2 rings (SSSR count). The van der Waals surface area contributed by atoms with Crippen LogP contribution in [0.4, 0.5) is 0 Å². The van der Waals surface area contributed by atoms with Gasteiger partial charge < -0.3 is 11.1 Å². The normalized spacial score (nSPS) is 12.3. The number of nitrogens with one attached hydrogen (secondary N) is 1. The number of aromatic nitrogens is 1. The molecule has 1 heterocycles. The minimum absolute atomic E-state index is 0.0305. The number of carbonyl (C=O) groups excluding carboxylic acids is 1. The SMILES string of the molecule is Cc1cc(C(=O)NCCCC(C)CN)c2ccccc2n1. The van der Waals surface area contributed by atoms with E-state index < -0.39 is 0 Å². The number of hydrogen-bond donors (Lipinski definition) is 2. The van der Waals surface area contributed by atoms with Crippen molar-refractivity contribution in [2.24, 2.45) is 11.7 Å². The third kappa shape index (κ3) is 4.02. The zero-order chi connectivity index (χ0) is 15.2. The standard InChI is InChI=1S/C17H23N3O/c1-12(11-18)6-5-9-19-17(21)15-10-13(2)20-16-8-4-3-7-14(15)16/h3-4,7-8,10,12H,5-6,9,11,18H2,1-2H3,(H,19,21). The lowest BCUT2D eigenvalue weighted by Gasteiger charge is -2.10. The Morgan fingerprint density at radius 1 is 1.38 bits per heavy atom. The molecule has 0 aliphatic rings. The van der Waals surface area contributed by atoms with Gasteiger partial charge in [-0.2, -0.15) is 0 Å². The molecular formula is C17H23N3O. The number of fused-ring (bicyclic) bond motifs is 1. The molecule has 1 aromatic heterocycles. The van der Waals surface area contributed by atoms with Crippen LogP contribution < -0.4 is 11.1 Å². The zero-order valence-corrected chi connectivity index (χ0v) is 12.7. The van der Waals surface area contributed by atoms with Crippen LogP contribution in [0.1, 0.15) is 35.8 Å². The Balaban J connectivity index is 2.06. The molecule has 4 heteroatoms. The fourth-order valence-electron chi connectivity index (χ4n) is 2.36. The van der Waals surface area contributed by atoms with E-state index in [0.29, 0.717) is 24.6 Å². The van der Waals surface area contributed by atoms with Gasteiger partial charge in [0.2, 0.25) is 0 Å². The van der Waals surface area contributed by atoms with Gasteiger partial charge in [0.05, 0.1) is 11.1 Å². The maximum absolute atomic E-state index is 12.4. The Labute approximate surface area is 125 Å². The summed E-state index contributed by atoms with van der Waals surface area (Å²) in [7, 11) is 0. The summed E-state index contributed by atoms with van der Waals surface area (Å²) in [5, 5.41) is 3.89. The van der Waals surface area contributed by atoms with Crippen LogP contribution in [-0.2, 0) is 0 Å². The van der Waals surface area contributed by atoms with Crippen molar-refractivity contribution < 1.29 is 4.79 Å². The number of amides is 1. The van der Waals surface area contributed by atoms with Crippen molar-refractivity contribution in [3.8, 4) is 0 Å². The number of aryl methyl sites for hydroxylation is 1. The third-order valence-electron chi connectivity index (χ3n) is 3.65. The van der Waals surface area contributed by atoms with Crippen molar-refractivity contribution >= 4 is 16.8 Å². The highest BCUT2D eigenvalue weighted by Gasteiger charge is 2.11. The fourth-order valence-corrected chi connectivity index (χ4v) is 2.36. The van der Waals surface area contributed by atoms with Gasteiger partial charge in [-0.05, 0) is 44.4 Å². The number of rotatable bonds is 6. The van der Waals surface area contributed by atoms with Crippen molar-refractivity contribution in [2.45, 2.75) is 26.7 Å². The largest absolute Gasteiger partial charge is 0.352 e. The minimum atomic E-state index is -0.0305. The Morgan fingerprint density at radius 3 is 2.90 bits per heavy atom. The van der Waals surface area contributed by atoms with Gasteiger partial charge in [-0.15, -0.1) is 0 Å². The van der Waals surface area contributed by atoms with E-state index in [1.165, 1.54) is 0 Å². The van der Waals surface area contributed by atoms with E-state index in [1.807, 2.05) is 37.3 Å². The number of carbonyl (C=O) groups is 1. The molecule has 0 bridgehead atoms. The molecule has 4 nitrogen and oxygen atoms in total. The summed E-state index contributed by atoms with van der Waals surface area (Å²) in [6.07, 6.45) is 1.99. The summed E-state index contributed by atoms with van der Waals surface area (Å²) in [5.74, 6) is 0.475. The molecule has 0 spiro atoms. The molecular weight excluding hydrogens is 262 g/mol. The van der Waals surface area contributed by atoms with Crippen molar-refractivity contribution in [2.75, 3.05) is 13.1 Å². The van der Waals surface area contributed by atoms with Crippen molar-refractivity contribution in [3.05, 3.63) is 41.6 Å². The van der Waals surface area contributed by atoms with Gasteiger partial charge in [-0.3, -0.25) is 9.78 Å². The van der Waals surface area contributed by atoms with Crippen LogP contribution in [0, 0.1) is 12.8 Å². The van der Waals surface area contributed by atoms with E-state index in [9.17, 15) is 4.79 Å². The van der Waals surface area contributed by atoms with Crippen LogP contribution in [0.5, 0.6) is 0 Å². The third-order valence-corrected chi connectivity index (χ3v) is 3.65. The first-order chi connectivity index (χ1) is 10.1. The molecule has 0 aliphatic heterocycles. The quantitative estimate of drug-likeness (QED) is 0.802. The summed E-state index contributed by atoms with van der Waals surface area (Å²) in [5.41, 5.74) is 8.01. The highest BCUT2D eigenvalue weighted by atomic mass is 16.1. The molecule has 21 heavy (non-hydrogen) atoms. The molecule has 0 aliphatic carbocycles. The molecule has 1 atom stereocenters. The second-order valence-corrected chi connectivity index (χ2v) is 5.57. The summed E-state index contributed by atoms with van der Waals surface area (Å²) in [6, 6.07) is 9.58. The Morgan fingerprint density at radius 2 is 2.14 bits per heavy atom. The van der Waals surface area contributed by atoms with Gasteiger partial charge in [0, 0.05) is 17.6 Å². The molecule has 1 aromatic carbocycles. The molecule has 112 valence electrons. The molecule has 0 saturated heterocycles. The second-order valence-electron chi connectivity index (χ2n) is 5.57. The fraction of sp³-hybridized carbons (Fsp3) is 0.412. The molecule has 3 N–H and O–H groups in total. The van der Waals surface area contributed by atoms with Gasteiger partial charge in [0.25, 0.3) is 5.91 Å². The molecule has 0 saturated carbocycles. The van der Waals surface area contributed by atoms with Crippen LogP contribution in [0.25, 0.3) is 10.9 Å². The Kier molecular flexibility index (Phi) is 5.28. The number of para-hydroxylation sites is 1. The molecule has 1 unspecified atom stereocenters. The maximum atomic E-state index is 12.4. The van der Waals surface area contributed by atoms with Gasteiger partial charge in [-0.25, -0.2) is 0 Å². The number of pyridine rings is 1. The van der Waals surface area contributed by atoms with Gasteiger partial charge in [0.1, 0.15) is 0 Å². The van der Waals surface area contributed by atoms with E-state index in [1.54, 1.807) is 0 Å². The Hall–Kier alpha value is -1.94. The topological polar surface area (TPSA) is 68.0 Å². The molecule has 0 radical (unpaired) electrons. The van der Waals surface area contributed by atoms with Gasteiger partial charge in [-0.1, -0.05) is 25.1 Å². The minimum Gasteiger partial charge on any atom is -0.352 e. The maximum Gasteiger partial charge on any atom is 0.252 e. The highest BCUT2D eigenvalue weighted by molar-refractivity contribution is 6.06. The van der Waals surface area contributed by atoms with Crippen molar-refractivity contribution in [1.29, 1.82) is 0 Å². The number of nitrogens with two attached hydrogens (primary N) is 1. The summed E-state index contributed by atoms with van der Waals surface area (Å²) in [6.45, 7) is 5.41. The monoisotopic (exact) mass is 285 g/mol. The van der Waals surface area contributed by atoms with E-state index in [4.69, 9.17) is 5.73 Å². The van der Waals surface area contributed by atoms with E-state index in [0.717, 1.165) is 29.4 Å². The number of hydrogen-bond acceptors (Lipinski definition) is 3. The van der Waals surface area contributed by atoms with Crippen molar-refractivity contribution in [3.63, 3.8) is 0 Å². The van der Waals surface area contributed by atoms with Crippen LogP contribution in [-0.4, -0.2) is 24.0 Å². The number of nitrogens with zero attached hydrogens (tertiary/aromatic N) is 1.